The fraction of sp³-hybridized carbons (Fsp3) is 0.393. The molecule has 2 aromatic carbocycles. The van der Waals surface area contributed by atoms with Crippen LogP contribution in [0.2, 0.25) is 0 Å². The van der Waals surface area contributed by atoms with Gasteiger partial charge in [-0.2, -0.15) is 0 Å². The van der Waals surface area contributed by atoms with E-state index in [1.807, 2.05) is 38.1 Å². The normalized spacial score (nSPS) is 15.9. The van der Waals surface area contributed by atoms with Gasteiger partial charge in [0.1, 0.15) is 6.10 Å². The van der Waals surface area contributed by atoms with E-state index in [4.69, 9.17) is 4.74 Å². The number of sulfone groups is 1. The van der Waals surface area contributed by atoms with Crippen LogP contribution in [0.15, 0.2) is 65.6 Å². The van der Waals surface area contributed by atoms with E-state index in [0.29, 0.717) is 10.5 Å². The Morgan fingerprint density at radius 1 is 1.06 bits per heavy atom. The molecule has 0 bridgehead atoms. The lowest BCUT2D eigenvalue weighted by Gasteiger charge is -2.33. The molecule has 0 radical (unpaired) electrons. The van der Waals surface area contributed by atoms with Crippen molar-refractivity contribution in [2.45, 2.75) is 51.0 Å². The molecule has 0 spiro atoms. The van der Waals surface area contributed by atoms with E-state index >= 15 is 0 Å². The second kappa shape index (κ2) is 11.5. The van der Waals surface area contributed by atoms with Crippen LogP contribution in [0.5, 0.6) is 0 Å². The molecular weight excluding hydrogens is 446 g/mol. The van der Waals surface area contributed by atoms with Crippen molar-refractivity contribution in [2.24, 2.45) is 5.92 Å². The highest BCUT2D eigenvalue weighted by molar-refractivity contribution is 7.91. The number of rotatable bonds is 9. The minimum atomic E-state index is -3.24. The Balaban J connectivity index is 1.55. The molecule has 1 heterocycles. The number of esters is 1. The zero-order chi connectivity index (χ0) is 24.7. The molecule has 5 nitrogen and oxygen atoms in total. The van der Waals surface area contributed by atoms with E-state index in [1.165, 1.54) is 0 Å². The topological polar surface area (TPSA) is 63.7 Å². The first kappa shape index (κ1) is 25.8. The van der Waals surface area contributed by atoms with Crippen molar-refractivity contribution in [3.63, 3.8) is 0 Å². The predicted octanol–water partition coefficient (Wildman–Crippen LogP) is 5.76. The average molecular weight is 482 g/mol. The first-order valence-corrected chi connectivity index (χ1v) is 13.6. The standard InChI is InChI=1S/C28H35NO4S/c1-5-22(4)20-34(31,32)27-14-10-24(11-15-27)7-6-23-8-12-25(13-9-23)29-18-16-26(17-19-29)33-28(30)21(2)3/h6-15,22,26H,2,5,16-20H2,1,3-4H3/t22-/m1/s1. The first-order valence-electron chi connectivity index (χ1n) is 11.9. The molecule has 1 aliphatic rings. The van der Waals surface area contributed by atoms with Crippen LogP contribution < -0.4 is 4.90 Å². The number of carbonyl (C=O) groups is 1. The van der Waals surface area contributed by atoms with Crippen molar-refractivity contribution in [3.8, 4) is 0 Å². The number of hydrogen-bond acceptors (Lipinski definition) is 5. The molecule has 1 saturated heterocycles. The third-order valence-electron chi connectivity index (χ3n) is 6.23. The summed E-state index contributed by atoms with van der Waals surface area (Å²) in [6, 6.07) is 15.4. The Bertz CT molecular complexity index is 1110. The van der Waals surface area contributed by atoms with E-state index in [0.717, 1.165) is 49.2 Å². The highest BCUT2D eigenvalue weighted by Crippen LogP contribution is 2.23. The summed E-state index contributed by atoms with van der Waals surface area (Å²) in [5.41, 5.74) is 3.62. The van der Waals surface area contributed by atoms with E-state index in [9.17, 15) is 13.2 Å². The zero-order valence-corrected chi connectivity index (χ0v) is 21.2. The van der Waals surface area contributed by atoms with Crippen LogP contribution in [0.3, 0.4) is 0 Å². The molecule has 0 N–H and O–H groups in total. The van der Waals surface area contributed by atoms with Crippen molar-refractivity contribution < 1.29 is 17.9 Å². The lowest BCUT2D eigenvalue weighted by Crippen LogP contribution is -2.37. The molecule has 1 aliphatic heterocycles. The van der Waals surface area contributed by atoms with Crippen LogP contribution in [0.4, 0.5) is 5.69 Å². The molecule has 0 amide bonds. The van der Waals surface area contributed by atoms with Crippen molar-refractivity contribution in [3.05, 3.63) is 71.8 Å². The maximum atomic E-state index is 12.5. The molecule has 182 valence electrons. The largest absolute Gasteiger partial charge is 0.459 e. The van der Waals surface area contributed by atoms with Crippen LogP contribution in [0.25, 0.3) is 12.2 Å². The number of anilines is 1. The average Bonchev–Trinajstić information content (AvgIpc) is 2.83. The van der Waals surface area contributed by atoms with Gasteiger partial charge in [0.25, 0.3) is 0 Å². The molecule has 0 saturated carbocycles. The summed E-state index contributed by atoms with van der Waals surface area (Å²) in [6.07, 6.45) is 6.44. The molecule has 2 aromatic rings. The third-order valence-corrected chi connectivity index (χ3v) is 8.23. The lowest BCUT2D eigenvalue weighted by atomic mass is 10.1. The summed E-state index contributed by atoms with van der Waals surface area (Å²) in [7, 11) is -3.24. The summed E-state index contributed by atoms with van der Waals surface area (Å²) in [5, 5.41) is 0. The minimum absolute atomic E-state index is 0.0425. The Hall–Kier alpha value is -2.86. The Morgan fingerprint density at radius 3 is 2.09 bits per heavy atom. The third kappa shape index (κ3) is 7.07. The Labute approximate surface area is 204 Å². The summed E-state index contributed by atoms with van der Waals surface area (Å²) in [4.78, 5) is 14.4. The SMILES string of the molecule is C=C(C)C(=O)OC1CCN(c2ccc(C=Cc3ccc(S(=O)(=O)C[C@H](C)CC)cc3)cc2)CC1. The molecule has 1 fully saturated rings. The van der Waals surface area contributed by atoms with Crippen LogP contribution in [0.1, 0.15) is 51.2 Å². The smallest absolute Gasteiger partial charge is 0.333 e. The number of hydrogen-bond donors (Lipinski definition) is 0. The van der Waals surface area contributed by atoms with Gasteiger partial charge < -0.3 is 9.64 Å². The van der Waals surface area contributed by atoms with Crippen LogP contribution >= 0.6 is 0 Å². The highest BCUT2D eigenvalue weighted by atomic mass is 32.2. The minimum Gasteiger partial charge on any atom is -0.459 e. The molecule has 3 rings (SSSR count). The monoisotopic (exact) mass is 481 g/mol. The van der Waals surface area contributed by atoms with Crippen molar-refractivity contribution >= 4 is 33.6 Å². The van der Waals surface area contributed by atoms with Crippen molar-refractivity contribution in [1.82, 2.24) is 0 Å². The number of nitrogens with zero attached hydrogens (tertiary/aromatic N) is 1. The van der Waals surface area contributed by atoms with E-state index in [2.05, 4.69) is 35.7 Å². The Morgan fingerprint density at radius 2 is 1.59 bits per heavy atom. The molecule has 1 atom stereocenters. The fourth-order valence-corrected chi connectivity index (χ4v) is 5.58. The number of piperidine rings is 1. The summed E-state index contributed by atoms with van der Waals surface area (Å²) >= 11 is 0. The van der Waals surface area contributed by atoms with Gasteiger partial charge in [-0.05, 0) is 48.2 Å². The van der Waals surface area contributed by atoms with Gasteiger partial charge in [-0.3, -0.25) is 0 Å². The van der Waals surface area contributed by atoms with Crippen molar-refractivity contribution in [1.29, 1.82) is 0 Å². The van der Waals surface area contributed by atoms with Gasteiger partial charge in [-0.1, -0.05) is 63.3 Å². The van der Waals surface area contributed by atoms with E-state index < -0.39 is 9.84 Å². The van der Waals surface area contributed by atoms with Gasteiger partial charge in [-0.15, -0.1) is 0 Å². The van der Waals surface area contributed by atoms with Gasteiger partial charge in [0, 0.05) is 37.2 Å². The van der Waals surface area contributed by atoms with Gasteiger partial charge >= 0.3 is 5.97 Å². The second-order valence-electron chi connectivity index (χ2n) is 9.16. The summed E-state index contributed by atoms with van der Waals surface area (Å²) in [6.45, 7) is 11.0. The number of ether oxygens (including phenoxy) is 1. The second-order valence-corrected chi connectivity index (χ2v) is 11.2. The Kier molecular flexibility index (Phi) is 8.72. The van der Waals surface area contributed by atoms with Crippen molar-refractivity contribution in [2.75, 3.05) is 23.7 Å². The predicted molar refractivity (Wildman–Crippen MR) is 139 cm³/mol. The van der Waals surface area contributed by atoms with Gasteiger partial charge in [0.15, 0.2) is 9.84 Å². The van der Waals surface area contributed by atoms with E-state index in [1.54, 1.807) is 19.1 Å². The zero-order valence-electron chi connectivity index (χ0n) is 20.4. The quantitative estimate of drug-likeness (QED) is 0.259. The lowest BCUT2D eigenvalue weighted by molar-refractivity contribution is -0.145. The molecule has 0 unspecified atom stereocenters. The van der Waals surface area contributed by atoms with Crippen LogP contribution in [0, 0.1) is 5.92 Å². The van der Waals surface area contributed by atoms with E-state index in [-0.39, 0.29) is 23.7 Å². The molecule has 0 aliphatic carbocycles. The maximum absolute atomic E-state index is 12.5. The van der Waals surface area contributed by atoms with Gasteiger partial charge in [0.2, 0.25) is 0 Å². The molecular formula is C28H35NO4S. The summed E-state index contributed by atoms with van der Waals surface area (Å²) in [5.74, 6) is 0.0254. The summed E-state index contributed by atoms with van der Waals surface area (Å²) < 4.78 is 30.5. The maximum Gasteiger partial charge on any atom is 0.333 e. The van der Waals surface area contributed by atoms with Crippen LogP contribution in [-0.4, -0.2) is 39.3 Å². The van der Waals surface area contributed by atoms with Crippen LogP contribution in [-0.2, 0) is 19.4 Å². The number of benzene rings is 2. The van der Waals surface area contributed by atoms with Gasteiger partial charge in [0.05, 0.1) is 10.6 Å². The number of carbonyl (C=O) groups excluding carboxylic acids is 1. The molecule has 6 heteroatoms. The molecule has 0 aromatic heterocycles. The first-order chi connectivity index (χ1) is 16.2. The highest BCUT2D eigenvalue weighted by Gasteiger charge is 2.22. The fourth-order valence-electron chi connectivity index (χ4n) is 3.85. The van der Waals surface area contributed by atoms with Gasteiger partial charge in [-0.25, -0.2) is 13.2 Å². The molecule has 34 heavy (non-hydrogen) atoms.